The molecule has 0 saturated carbocycles. The highest BCUT2D eigenvalue weighted by Crippen LogP contribution is 2.40. The second-order valence-electron chi connectivity index (χ2n) is 9.75. The zero-order chi connectivity index (χ0) is 21.5. The first kappa shape index (κ1) is 24.1. The zero-order valence-corrected chi connectivity index (χ0v) is 19.0. The van der Waals surface area contributed by atoms with Crippen molar-refractivity contribution in [2.75, 3.05) is 0 Å². The Kier molecular flexibility index (Phi) is 8.66. The van der Waals surface area contributed by atoms with Crippen LogP contribution in [0.3, 0.4) is 0 Å². The molecule has 0 amide bonds. The molecule has 0 fully saturated rings. The third-order valence-corrected chi connectivity index (χ3v) is 5.17. The predicted molar refractivity (Wildman–Crippen MR) is 117 cm³/mol. The third-order valence-electron chi connectivity index (χ3n) is 5.17. The van der Waals surface area contributed by atoms with E-state index in [1.807, 2.05) is 13.0 Å². The molecule has 1 rings (SSSR count). The molecule has 3 nitrogen and oxygen atoms in total. The molecule has 1 aliphatic carbocycles. The lowest BCUT2D eigenvalue weighted by atomic mass is 9.72. The fraction of sp³-hybridized carbons (Fsp3) is 0.600. The summed E-state index contributed by atoms with van der Waals surface area (Å²) in [5, 5.41) is 0. The summed E-state index contributed by atoms with van der Waals surface area (Å²) >= 11 is 0. The quantitative estimate of drug-likeness (QED) is 0.220. The molecule has 1 aliphatic rings. The molecule has 156 valence electrons. The monoisotopic (exact) mass is 386 g/mol. The summed E-state index contributed by atoms with van der Waals surface area (Å²) in [6.45, 7) is 16.1. The second-order valence-corrected chi connectivity index (χ2v) is 9.75. The van der Waals surface area contributed by atoms with E-state index in [9.17, 15) is 9.59 Å². The van der Waals surface area contributed by atoms with E-state index in [-0.39, 0.29) is 5.41 Å². The van der Waals surface area contributed by atoms with Crippen molar-refractivity contribution in [3.05, 3.63) is 47.1 Å². The fourth-order valence-electron chi connectivity index (χ4n) is 3.33. The van der Waals surface area contributed by atoms with Gasteiger partial charge >= 0.3 is 11.9 Å². The van der Waals surface area contributed by atoms with Gasteiger partial charge in [0.05, 0.1) is 5.41 Å². The molecule has 0 N–H and O–H groups in total. The van der Waals surface area contributed by atoms with Gasteiger partial charge in [-0.2, -0.15) is 0 Å². The highest BCUT2D eigenvalue weighted by atomic mass is 16.6. The Morgan fingerprint density at radius 1 is 1.25 bits per heavy atom. The third kappa shape index (κ3) is 8.00. The van der Waals surface area contributed by atoms with Crippen LogP contribution in [0.2, 0.25) is 0 Å². The number of esters is 2. The minimum absolute atomic E-state index is 0.262. The molecule has 28 heavy (non-hydrogen) atoms. The summed E-state index contributed by atoms with van der Waals surface area (Å²) in [4.78, 5) is 23.5. The van der Waals surface area contributed by atoms with Crippen LogP contribution in [0.15, 0.2) is 47.1 Å². The molecule has 0 aromatic carbocycles. The van der Waals surface area contributed by atoms with Gasteiger partial charge in [-0.25, -0.2) is 4.79 Å². The highest BCUT2D eigenvalue weighted by Gasteiger charge is 2.26. The second kappa shape index (κ2) is 10.0. The molecule has 0 aromatic rings. The normalized spacial score (nSPS) is 19.4. The van der Waals surface area contributed by atoms with Crippen LogP contribution >= 0.6 is 0 Å². The summed E-state index contributed by atoms with van der Waals surface area (Å²) < 4.78 is 4.84. The van der Waals surface area contributed by atoms with E-state index >= 15 is 0 Å². The Hall–Kier alpha value is -1.90. The van der Waals surface area contributed by atoms with Gasteiger partial charge in [-0.1, -0.05) is 50.6 Å². The summed E-state index contributed by atoms with van der Waals surface area (Å²) in [6.07, 6.45) is 14.5. The maximum Gasteiger partial charge on any atom is 0.338 e. The van der Waals surface area contributed by atoms with Crippen molar-refractivity contribution in [3.8, 4) is 0 Å². The maximum atomic E-state index is 11.8. The summed E-state index contributed by atoms with van der Waals surface area (Å²) in [5.41, 5.74) is 3.35. The van der Waals surface area contributed by atoms with Crippen LogP contribution in [0, 0.1) is 16.7 Å². The molecule has 0 heterocycles. The van der Waals surface area contributed by atoms with E-state index in [4.69, 9.17) is 4.74 Å². The smallest absolute Gasteiger partial charge is 0.338 e. The molecular weight excluding hydrogens is 348 g/mol. The van der Waals surface area contributed by atoms with Gasteiger partial charge < -0.3 is 4.74 Å². The van der Waals surface area contributed by atoms with E-state index < -0.39 is 17.4 Å². The Morgan fingerprint density at radius 2 is 1.89 bits per heavy atom. The molecular formula is C25H38O3. The van der Waals surface area contributed by atoms with Gasteiger partial charge in [-0.3, -0.25) is 4.79 Å². The lowest BCUT2D eigenvalue weighted by Gasteiger charge is -2.33. The van der Waals surface area contributed by atoms with Gasteiger partial charge in [0.1, 0.15) is 0 Å². The average molecular weight is 387 g/mol. The molecule has 0 spiro atoms. The molecule has 0 saturated heterocycles. The zero-order valence-electron chi connectivity index (χ0n) is 19.0. The van der Waals surface area contributed by atoms with Crippen molar-refractivity contribution in [3.63, 3.8) is 0 Å². The van der Waals surface area contributed by atoms with E-state index in [1.165, 1.54) is 36.5 Å². The molecule has 1 atom stereocenters. The Balaban J connectivity index is 2.60. The standard InChI is InChI=1S/C25H38O3/c1-18(14-15-21-20(3)13-10-16-25(21,7)8)11-9-12-19(2)17-22(26)28-23(27)24(4,5)6/h9,12,14-15,17-18H,10-11,13,16H2,1-8H3/b12-9+,15-14+,19-17+. The van der Waals surface area contributed by atoms with E-state index in [2.05, 4.69) is 45.9 Å². The molecule has 0 radical (unpaired) electrons. The first-order valence-electron chi connectivity index (χ1n) is 10.3. The first-order valence-corrected chi connectivity index (χ1v) is 10.3. The van der Waals surface area contributed by atoms with Crippen molar-refractivity contribution >= 4 is 11.9 Å². The number of rotatable bonds is 6. The van der Waals surface area contributed by atoms with Crippen molar-refractivity contribution in [1.29, 1.82) is 0 Å². The van der Waals surface area contributed by atoms with Crippen molar-refractivity contribution in [1.82, 2.24) is 0 Å². The number of ether oxygens (including phenoxy) is 1. The van der Waals surface area contributed by atoms with Crippen molar-refractivity contribution in [2.24, 2.45) is 16.7 Å². The summed E-state index contributed by atoms with van der Waals surface area (Å²) in [7, 11) is 0. The topological polar surface area (TPSA) is 43.4 Å². The Bertz CT molecular complexity index is 694. The fourth-order valence-corrected chi connectivity index (χ4v) is 3.33. The summed E-state index contributed by atoms with van der Waals surface area (Å²) in [5.74, 6) is -0.715. The predicted octanol–water partition coefficient (Wildman–Crippen LogP) is 6.71. The van der Waals surface area contributed by atoms with Crippen LogP contribution in [0.25, 0.3) is 0 Å². The van der Waals surface area contributed by atoms with Gasteiger partial charge in [0.25, 0.3) is 0 Å². The largest absolute Gasteiger partial charge is 0.389 e. The van der Waals surface area contributed by atoms with Gasteiger partial charge in [0.15, 0.2) is 0 Å². The Labute approximate surface area is 171 Å². The number of hydrogen-bond acceptors (Lipinski definition) is 3. The van der Waals surface area contributed by atoms with Gasteiger partial charge in [-0.05, 0) is 82.8 Å². The molecule has 0 aromatic heterocycles. The van der Waals surface area contributed by atoms with Gasteiger partial charge in [0, 0.05) is 6.08 Å². The minimum Gasteiger partial charge on any atom is -0.389 e. The van der Waals surface area contributed by atoms with E-state index in [0.29, 0.717) is 5.92 Å². The van der Waals surface area contributed by atoms with Crippen molar-refractivity contribution < 1.29 is 14.3 Å². The van der Waals surface area contributed by atoms with Crippen LogP contribution in [0.4, 0.5) is 0 Å². The van der Waals surface area contributed by atoms with Crippen LogP contribution in [-0.4, -0.2) is 11.9 Å². The van der Waals surface area contributed by atoms with Crippen LogP contribution < -0.4 is 0 Å². The summed E-state index contributed by atoms with van der Waals surface area (Å²) in [6, 6.07) is 0. The van der Waals surface area contributed by atoms with Gasteiger partial charge in [-0.15, -0.1) is 0 Å². The van der Waals surface area contributed by atoms with E-state index in [0.717, 1.165) is 12.0 Å². The number of carbonyl (C=O) groups excluding carboxylic acids is 2. The van der Waals surface area contributed by atoms with Crippen LogP contribution in [0.1, 0.15) is 81.1 Å². The van der Waals surface area contributed by atoms with Crippen LogP contribution in [-0.2, 0) is 14.3 Å². The SMILES string of the molecule is CC1=C(/C=C/C(C)C/C=C/C(C)=C/C(=O)OC(=O)C(C)(C)C)C(C)(C)CCC1. The van der Waals surface area contributed by atoms with E-state index in [1.54, 1.807) is 20.8 Å². The number of carbonyl (C=O) groups is 2. The lowest BCUT2D eigenvalue weighted by molar-refractivity contribution is -0.162. The van der Waals surface area contributed by atoms with Crippen LogP contribution in [0.5, 0.6) is 0 Å². The number of hydrogen-bond donors (Lipinski definition) is 0. The molecule has 0 bridgehead atoms. The maximum absolute atomic E-state index is 11.8. The highest BCUT2D eigenvalue weighted by molar-refractivity contribution is 5.94. The number of allylic oxidation sites excluding steroid dienone is 7. The molecule has 1 unspecified atom stereocenters. The lowest BCUT2D eigenvalue weighted by Crippen LogP contribution is -2.25. The first-order chi connectivity index (χ1) is 12.8. The van der Waals surface area contributed by atoms with Crippen molar-refractivity contribution in [2.45, 2.75) is 81.1 Å². The minimum atomic E-state index is -0.685. The Morgan fingerprint density at radius 3 is 2.46 bits per heavy atom. The molecule has 0 aliphatic heterocycles. The van der Waals surface area contributed by atoms with Gasteiger partial charge in [0.2, 0.25) is 0 Å². The average Bonchev–Trinajstić information content (AvgIpc) is 2.52. The molecule has 3 heteroatoms.